The highest BCUT2D eigenvalue weighted by Crippen LogP contribution is 2.28. The maximum Gasteiger partial charge on any atom is 0.128 e. The number of halogens is 1. The molecule has 0 bridgehead atoms. The summed E-state index contributed by atoms with van der Waals surface area (Å²) in [5.74, 6) is 5.02. The topological polar surface area (TPSA) is 23.5 Å². The minimum absolute atomic E-state index is 0.200. The van der Waals surface area contributed by atoms with Gasteiger partial charge in [0.1, 0.15) is 12.4 Å². The molecule has 3 heteroatoms. The van der Waals surface area contributed by atoms with Gasteiger partial charge in [0.25, 0.3) is 0 Å². The zero-order chi connectivity index (χ0) is 13.0. The van der Waals surface area contributed by atoms with E-state index in [2.05, 4.69) is 23.7 Å². The Labute approximate surface area is 107 Å². The highest BCUT2D eigenvalue weighted by molar-refractivity contribution is 5.37. The molecule has 18 heavy (non-hydrogen) atoms. The predicted octanol–water partition coefficient (Wildman–Crippen LogP) is 2.15. The highest BCUT2D eigenvalue weighted by atomic mass is 19.1. The Kier molecular flexibility index (Phi) is 4.35. The van der Waals surface area contributed by atoms with Crippen molar-refractivity contribution in [2.45, 2.75) is 32.4 Å². The lowest BCUT2D eigenvalue weighted by Gasteiger charge is -2.20. The van der Waals surface area contributed by atoms with Crippen molar-refractivity contribution in [2.24, 2.45) is 0 Å². The van der Waals surface area contributed by atoms with Crippen LogP contribution in [0.5, 0.6) is 0 Å². The molecule has 0 saturated heterocycles. The van der Waals surface area contributed by atoms with Gasteiger partial charge in [-0.25, -0.2) is 4.39 Å². The van der Waals surface area contributed by atoms with Crippen LogP contribution in [-0.2, 0) is 6.54 Å². The van der Waals surface area contributed by atoms with Crippen LogP contribution in [0.4, 0.5) is 4.39 Å². The molecule has 1 fully saturated rings. The molecular weight excluding hydrogens is 229 g/mol. The van der Waals surface area contributed by atoms with Crippen molar-refractivity contribution in [3.63, 3.8) is 0 Å². The van der Waals surface area contributed by atoms with E-state index in [0.29, 0.717) is 18.2 Å². The van der Waals surface area contributed by atoms with Gasteiger partial charge in [0, 0.05) is 23.7 Å². The minimum Gasteiger partial charge on any atom is -0.384 e. The van der Waals surface area contributed by atoms with Crippen LogP contribution in [0.1, 0.15) is 30.9 Å². The van der Waals surface area contributed by atoms with Crippen molar-refractivity contribution in [3.05, 3.63) is 35.1 Å². The number of hydrogen-bond acceptors (Lipinski definition) is 2. The first-order chi connectivity index (χ1) is 8.74. The standard InChI is InChI=1S/C15H18FNO/c1-2-17(14-7-8-14)11-13-6-5-12(4-3-9-18)10-15(13)16/h5-6,10,14,18H,2,7-9,11H2,1H3. The van der Waals surface area contributed by atoms with E-state index in [1.807, 2.05) is 6.07 Å². The zero-order valence-corrected chi connectivity index (χ0v) is 10.6. The van der Waals surface area contributed by atoms with Crippen molar-refractivity contribution in [1.29, 1.82) is 0 Å². The average molecular weight is 247 g/mol. The van der Waals surface area contributed by atoms with Crippen molar-refractivity contribution >= 4 is 0 Å². The molecule has 96 valence electrons. The van der Waals surface area contributed by atoms with Crippen LogP contribution >= 0.6 is 0 Å². The third-order valence-corrected chi connectivity index (χ3v) is 3.21. The third kappa shape index (κ3) is 3.32. The first-order valence-corrected chi connectivity index (χ1v) is 6.36. The van der Waals surface area contributed by atoms with Crippen molar-refractivity contribution < 1.29 is 9.50 Å². The fourth-order valence-corrected chi connectivity index (χ4v) is 2.05. The minimum atomic E-state index is -0.209. The number of rotatable bonds is 4. The Morgan fingerprint density at radius 3 is 2.78 bits per heavy atom. The van der Waals surface area contributed by atoms with Gasteiger partial charge in [-0.3, -0.25) is 4.90 Å². The van der Waals surface area contributed by atoms with Crippen LogP contribution in [0, 0.1) is 17.7 Å². The summed E-state index contributed by atoms with van der Waals surface area (Å²) in [7, 11) is 0. The van der Waals surface area contributed by atoms with Crippen LogP contribution in [0.25, 0.3) is 0 Å². The molecule has 1 aromatic rings. The molecule has 1 aromatic carbocycles. The van der Waals surface area contributed by atoms with Gasteiger partial charge in [-0.15, -0.1) is 0 Å². The van der Waals surface area contributed by atoms with Gasteiger partial charge in [-0.1, -0.05) is 24.8 Å². The maximum atomic E-state index is 13.9. The lowest BCUT2D eigenvalue weighted by Crippen LogP contribution is -2.25. The van der Waals surface area contributed by atoms with Gasteiger partial charge in [0.15, 0.2) is 0 Å². The lowest BCUT2D eigenvalue weighted by atomic mass is 10.1. The van der Waals surface area contributed by atoms with Gasteiger partial charge in [0.05, 0.1) is 0 Å². The van der Waals surface area contributed by atoms with Gasteiger partial charge < -0.3 is 5.11 Å². The molecule has 0 unspecified atom stereocenters. The second-order valence-electron chi connectivity index (χ2n) is 4.56. The quantitative estimate of drug-likeness (QED) is 0.824. The summed E-state index contributed by atoms with van der Waals surface area (Å²) in [6.07, 6.45) is 2.46. The lowest BCUT2D eigenvalue weighted by molar-refractivity contribution is 0.265. The second kappa shape index (κ2) is 5.99. The smallest absolute Gasteiger partial charge is 0.128 e. The van der Waals surface area contributed by atoms with E-state index >= 15 is 0 Å². The van der Waals surface area contributed by atoms with Gasteiger partial charge in [-0.2, -0.15) is 0 Å². The van der Waals surface area contributed by atoms with Crippen molar-refractivity contribution in [3.8, 4) is 11.8 Å². The summed E-state index contributed by atoms with van der Waals surface area (Å²) < 4.78 is 13.9. The maximum absolute atomic E-state index is 13.9. The fourth-order valence-electron chi connectivity index (χ4n) is 2.05. The summed E-state index contributed by atoms with van der Waals surface area (Å²) in [4.78, 5) is 2.30. The van der Waals surface area contributed by atoms with Crippen molar-refractivity contribution in [1.82, 2.24) is 4.90 Å². The van der Waals surface area contributed by atoms with E-state index in [1.54, 1.807) is 6.07 Å². The van der Waals surface area contributed by atoms with Crippen LogP contribution in [0.2, 0.25) is 0 Å². The molecule has 1 N–H and O–H groups in total. The summed E-state index contributed by atoms with van der Waals surface area (Å²) in [5, 5.41) is 8.60. The van der Waals surface area contributed by atoms with Crippen LogP contribution in [-0.4, -0.2) is 29.2 Å². The largest absolute Gasteiger partial charge is 0.384 e. The second-order valence-corrected chi connectivity index (χ2v) is 4.56. The number of benzene rings is 1. The number of nitrogens with zero attached hydrogens (tertiary/aromatic N) is 1. The zero-order valence-electron chi connectivity index (χ0n) is 10.6. The molecule has 0 aliphatic heterocycles. The van der Waals surface area contributed by atoms with Crippen LogP contribution in [0.15, 0.2) is 18.2 Å². The SMILES string of the molecule is CCN(Cc1ccc(C#CCO)cc1F)C1CC1. The monoisotopic (exact) mass is 247 g/mol. The normalized spacial score (nSPS) is 14.4. The molecular formula is C15H18FNO. The number of hydrogen-bond donors (Lipinski definition) is 1. The Hall–Kier alpha value is -1.37. The predicted molar refractivity (Wildman–Crippen MR) is 69.5 cm³/mol. The van der Waals surface area contributed by atoms with Gasteiger partial charge in [0.2, 0.25) is 0 Å². The third-order valence-electron chi connectivity index (χ3n) is 3.21. The van der Waals surface area contributed by atoms with E-state index in [4.69, 9.17) is 5.11 Å². The molecule has 2 nitrogen and oxygen atoms in total. The highest BCUT2D eigenvalue weighted by Gasteiger charge is 2.28. The Balaban J connectivity index is 2.08. The summed E-state index contributed by atoms with van der Waals surface area (Å²) in [6, 6.07) is 5.69. The van der Waals surface area contributed by atoms with Crippen molar-refractivity contribution in [2.75, 3.05) is 13.2 Å². The summed E-state index contributed by atoms with van der Waals surface area (Å²) in [6.45, 7) is 3.53. The Bertz CT molecular complexity index is 471. The summed E-state index contributed by atoms with van der Waals surface area (Å²) >= 11 is 0. The molecule has 0 aromatic heterocycles. The van der Waals surface area contributed by atoms with Gasteiger partial charge in [-0.05, 0) is 31.5 Å². The molecule has 1 aliphatic rings. The van der Waals surface area contributed by atoms with Gasteiger partial charge >= 0.3 is 0 Å². The van der Waals surface area contributed by atoms with E-state index in [1.165, 1.54) is 18.9 Å². The van der Waals surface area contributed by atoms with E-state index in [9.17, 15) is 4.39 Å². The Morgan fingerprint density at radius 1 is 1.44 bits per heavy atom. The molecule has 0 radical (unpaired) electrons. The molecule has 1 saturated carbocycles. The fraction of sp³-hybridized carbons (Fsp3) is 0.467. The molecule has 1 aliphatic carbocycles. The molecule has 0 atom stereocenters. The van der Waals surface area contributed by atoms with E-state index < -0.39 is 0 Å². The Morgan fingerprint density at radius 2 is 2.22 bits per heavy atom. The molecule has 0 amide bonds. The van der Waals surface area contributed by atoms with E-state index in [-0.39, 0.29) is 12.4 Å². The van der Waals surface area contributed by atoms with Crippen LogP contribution in [0.3, 0.4) is 0 Å². The van der Waals surface area contributed by atoms with E-state index in [0.717, 1.165) is 12.1 Å². The molecule has 2 rings (SSSR count). The van der Waals surface area contributed by atoms with Crippen LogP contribution < -0.4 is 0 Å². The number of aliphatic hydroxyl groups is 1. The molecule has 0 spiro atoms. The number of aliphatic hydroxyl groups excluding tert-OH is 1. The first-order valence-electron chi connectivity index (χ1n) is 6.36. The molecule has 0 heterocycles. The first kappa shape index (κ1) is 13.1. The summed E-state index contributed by atoms with van der Waals surface area (Å²) in [5.41, 5.74) is 1.33. The average Bonchev–Trinajstić information content (AvgIpc) is 3.19.